The highest BCUT2D eigenvalue weighted by Crippen LogP contribution is 2.44. The Morgan fingerprint density at radius 3 is 2.50 bits per heavy atom. The summed E-state index contributed by atoms with van der Waals surface area (Å²) in [5, 5.41) is 11.5. The highest BCUT2D eigenvalue weighted by molar-refractivity contribution is 7.17. The molecule has 0 spiro atoms. The van der Waals surface area contributed by atoms with Gasteiger partial charge in [0, 0.05) is 5.56 Å². The van der Waals surface area contributed by atoms with Gasteiger partial charge in [0.1, 0.15) is 16.4 Å². The first kappa shape index (κ1) is 27.1. The molecule has 4 rings (SSSR count). The lowest BCUT2D eigenvalue weighted by atomic mass is 9.95. The van der Waals surface area contributed by atoms with E-state index in [2.05, 4.69) is 18.8 Å². The van der Waals surface area contributed by atoms with E-state index >= 15 is 0 Å². The summed E-state index contributed by atoms with van der Waals surface area (Å²) in [6.45, 7) is 8.28. The quantitative estimate of drug-likeness (QED) is 0.174. The second-order valence-corrected chi connectivity index (χ2v) is 10.5. The second kappa shape index (κ2) is 11.2. The number of benzene rings is 2. The Balaban J connectivity index is 1.87. The van der Waals surface area contributed by atoms with Gasteiger partial charge >= 0.3 is 11.9 Å². The largest absolute Gasteiger partial charge is 0.507 e. The van der Waals surface area contributed by atoms with Crippen LogP contribution in [0.25, 0.3) is 5.76 Å². The number of amides is 1. The topological polar surface area (TPSA) is 106 Å². The van der Waals surface area contributed by atoms with Crippen molar-refractivity contribution in [3.05, 3.63) is 81.4 Å². The van der Waals surface area contributed by atoms with E-state index in [4.69, 9.17) is 9.47 Å². The first-order valence-corrected chi connectivity index (χ1v) is 13.1. The predicted octanol–water partition coefficient (Wildman–Crippen LogP) is 5.60. The molecule has 8 nitrogen and oxygen atoms in total. The average Bonchev–Trinajstić information content (AvgIpc) is 3.40. The van der Waals surface area contributed by atoms with Crippen LogP contribution < -0.4 is 9.64 Å². The molecule has 198 valence electrons. The zero-order chi connectivity index (χ0) is 27.6. The van der Waals surface area contributed by atoms with E-state index in [1.54, 1.807) is 43.3 Å². The molecule has 1 atom stereocenters. The summed E-state index contributed by atoms with van der Waals surface area (Å²) in [7, 11) is 1.26. The summed E-state index contributed by atoms with van der Waals surface area (Å²) >= 11 is 0.958. The van der Waals surface area contributed by atoms with Gasteiger partial charge in [-0.05, 0) is 43.9 Å². The maximum absolute atomic E-state index is 13.4. The Bertz CT molecular complexity index is 1410. The first-order chi connectivity index (χ1) is 18.1. The van der Waals surface area contributed by atoms with Crippen LogP contribution in [-0.4, -0.2) is 41.5 Å². The number of hydrogen-bond acceptors (Lipinski definition) is 8. The first-order valence-electron chi connectivity index (χ1n) is 12.3. The number of ether oxygens (including phenoxy) is 2. The van der Waals surface area contributed by atoms with Gasteiger partial charge in [0.15, 0.2) is 5.13 Å². The van der Waals surface area contributed by atoms with E-state index in [-0.39, 0.29) is 21.3 Å². The third-order valence-electron chi connectivity index (χ3n) is 6.27. The normalized spacial score (nSPS) is 16.8. The highest BCUT2D eigenvalue weighted by atomic mass is 32.1. The lowest BCUT2D eigenvalue weighted by Crippen LogP contribution is -2.29. The van der Waals surface area contributed by atoms with Gasteiger partial charge in [0.05, 0.1) is 31.0 Å². The number of thiazole rings is 1. The van der Waals surface area contributed by atoms with Crippen molar-refractivity contribution in [2.45, 2.75) is 40.2 Å². The lowest BCUT2D eigenvalue weighted by molar-refractivity contribution is -0.132. The molecular weight excluding hydrogens is 504 g/mol. The summed E-state index contributed by atoms with van der Waals surface area (Å²) in [5.74, 6) is -1.51. The van der Waals surface area contributed by atoms with Gasteiger partial charge in [-0.25, -0.2) is 9.78 Å². The standard InChI is InChI=1S/C29H30N2O6S/c1-16(2)13-14-37-21-8-6-7-20(15-21)23-22(24(32)19-11-9-17(3)10-12-19)25(33)27(34)31(23)29-30-18(4)26(38-29)28(35)36-5/h6-12,15-16,23,32H,13-14H2,1-5H3. The van der Waals surface area contributed by atoms with E-state index in [9.17, 15) is 19.5 Å². The number of aromatic nitrogens is 1. The van der Waals surface area contributed by atoms with Crippen molar-refractivity contribution in [3.8, 4) is 5.75 Å². The zero-order valence-corrected chi connectivity index (χ0v) is 22.8. The van der Waals surface area contributed by atoms with Gasteiger partial charge in [-0.2, -0.15) is 0 Å². The zero-order valence-electron chi connectivity index (χ0n) is 22.0. The fourth-order valence-electron chi connectivity index (χ4n) is 4.17. The Morgan fingerprint density at radius 1 is 1.13 bits per heavy atom. The molecule has 1 fully saturated rings. The molecule has 0 bridgehead atoms. The molecule has 0 radical (unpaired) electrons. The Morgan fingerprint density at radius 2 is 1.84 bits per heavy atom. The summed E-state index contributed by atoms with van der Waals surface area (Å²) in [6.07, 6.45) is 0.866. The van der Waals surface area contributed by atoms with Crippen LogP contribution in [0.3, 0.4) is 0 Å². The van der Waals surface area contributed by atoms with Crippen LogP contribution in [0.2, 0.25) is 0 Å². The van der Waals surface area contributed by atoms with Gasteiger partial charge < -0.3 is 14.6 Å². The van der Waals surface area contributed by atoms with Crippen LogP contribution >= 0.6 is 11.3 Å². The number of carbonyl (C=O) groups is 3. The maximum atomic E-state index is 13.4. The number of rotatable bonds is 8. The average molecular weight is 535 g/mol. The third kappa shape index (κ3) is 5.33. The van der Waals surface area contributed by atoms with Crippen LogP contribution in [0, 0.1) is 19.8 Å². The summed E-state index contributed by atoms with van der Waals surface area (Å²) in [4.78, 5) is 45.0. The molecule has 38 heavy (non-hydrogen) atoms. The van der Waals surface area contributed by atoms with Crippen LogP contribution in [0.15, 0.2) is 54.1 Å². The van der Waals surface area contributed by atoms with Crippen molar-refractivity contribution in [2.24, 2.45) is 5.92 Å². The molecule has 1 unspecified atom stereocenters. The monoisotopic (exact) mass is 534 g/mol. The molecule has 1 aliphatic rings. The minimum Gasteiger partial charge on any atom is -0.507 e. The number of hydrogen-bond donors (Lipinski definition) is 1. The number of nitrogens with zero attached hydrogens (tertiary/aromatic N) is 2. The number of aryl methyl sites for hydroxylation is 2. The summed E-state index contributed by atoms with van der Waals surface area (Å²) < 4.78 is 10.8. The van der Waals surface area contributed by atoms with E-state index in [1.165, 1.54) is 12.0 Å². The number of esters is 1. The molecule has 2 heterocycles. The van der Waals surface area contributed by atoms with E-state index < -0.39 is 23.7 Å². The van der Waals surface area contributed by atoms with E-state index in [0.717, 1.165) is 23.3 Å². The van der Waals surface area contributed by atoms with Crippen molar-refractivity contribution < 1.29 is 29.0 Å². The molecule has 9 heteroatoms. The molecule has 1 aromatic heterocycles. The van der Waals surface area contributed by atoms with Crippen molar-refractivity contribution in [1.82, 2.24) is 4.98 Å². The third-order valence-corrected chi connectivity index (χ3v) is 7.41. The molecule has 1 saturated heterocycles. The summed E-state index contributed by atoms with van der Waals surface area (Å²) in [5.41, 5.74) is 2.27. The van der Waals surface area contributed by atoms with Crippen molar-refractivity contribution in [1.29, 1.82) is 0 Å². The Labute approximate surface area is 225 Å². The van der Waals surface area contributed by atoms with Gasteiger partial charge in [-0.1, -0.05) is 67.1 Å². The van der Waals surface area contributed by atoms with Crippen LogP contribution in [0.1, 0.15) is 58.4 Å². The Kier molecular flexibility index (Phi) is 7.97. The number of carbonyl (C=O) groups excluding carboxylic acids is 3. The van der Waals surface area contributed by atoms with Gasteiger partial charge in [0.2, 0.25) is 0 Å². The lowest BCUT2D eigenvalue weighted by Gasteiger charge is -2.23. The van der Waals surface area contributed by atoms with Crippen LogP contribution in [0.4, 0.5) is 5.13 Å². The molecule has 2 aromatic carbocycles. The number of ketones is 1. The number of aliphatic hydroxyl groups is 1. The fraction of sp³-hybridized carbons (Fsp3) is 0.310. The SMILES string of the molecule is COC(=O)c1sc(N2C(=O)C(=O)C(=C(O)c3ccc(C)cc3)C2c2cccc(OCCC(C)C)c2)nc1C. The van der Waals surface area contributed by atoms with Crippen LogP contribution in [0.5, 0.6) is 5.75 Å². The van der Waals surface area contributed by atoms with E-state index in [1.807, 2.05) is 19.1 Å². The van der Waals surface area contributed by atoms with E-state index in [0.29, 0.717) is 35.1 Å². The minimum atomic E-state index is -0.985. The molecule has 1 amide bonds. The Hall–Kier alpha value is -3.98. The molecule has 3 aromatic rings. The van der Waals surface area contributed by atoms with Crippen molar-refractivity contribution >= 4 is 39.9 Å². The number of anilines is 1. The smallest absolute Gasteiger partial charge is 0.350 e. The summed E-state index contributed by atoms with van der Waals surface area (Å²) in [6, 6.07) is 13.1. The predicted molar refractivity (Wildman–Crippen MR) is 146 cm³/mol. The number of methoxy groups -OCH3 is 1. The second-order valence-electron chi connectivity index (χ2n) is 9.54. The van der Waals surface area contributed by atoms with Gasteiger partial charge in [-0.3, -0.25) is 14.5 Å². The molecule has 0 aliphatic carbocycles. The molecular formula is C29H30N2O6S. The molecule has 1 aliphatic heterocycles. The van der Waals surface area contributed by atoms with Gasteiger partial charge in [-0.15, -0.1) is 0 Å². The maximum Gasteiger partial charge on any atom is 0.350 e. The van der Waals surface area contributed by atoms with Crippen molar-refractivity contribution in [2.75, 3.05) is 18.6 Å². The van der Waals surface area contributed by atoms with Gasteiger partial charge in [0.25, 0.3) is 5.78 Å². The van der Waals surface area contributed by atoms with Crippen LogP contribution in [-0.2, 0) is 14.3 Å². The number of Topliss-reactive ketones (excluding diaryl/α,β-unsaturated/α-hetero) is 1. The van der Waals surface area contributed by atoms with Crippen molar-refractivity contribution in [3.63, 3.8) is 0 Å². The highest BCUT2D eigenvalue weighted by Gasteiger charge is 2.48. The number of aliphatic hydroxyl groups excluding tert-OH is 1. The minimum absolute atomic E-state index is 0.0642. The molecule has 1 N–H and O–H groups in total. The molecule has 0 saturated carbocycles. The fourth-order valence-corrected chi connectivity index (χ4v) is 5.18.